The lowest BCUT2D eigenvalue weighted by molar-refractivity contribution is 0.570. The summed E-state index contributed by atoms with van der Waals surface area (Å²) in [5.74, 6) is -0.729. The second-order valence-electron chi connectivity index (χ2n) is 2.94. The Hall–Kier alpha value is -0.950. The van der Waals surface area contributed by atoms with E-state index in [4.69, 9.17) is 0 Å². The number of rotatable bonds is 0. The third kappa shape index (κ3) is 1.32. The molecule has 0 fully saturated rings. The van der Waals surface area contributed by atoms with Gasteiger partial charge in [-0.15, -0.1) is 0 Å². The van der Waals surface area contributed by atoms with Gasteiger partial charge in [0, 0.05) is 6.20 Å². The molecule has 0 atom stereocenters. The SMILES string of the molecule is O=S1(=O)CCS(=O)(=O)c2ncccc21. The molecule has 1 aromatic rings. The Morgan fingerprint density at radius 2 is 1.71 bits per heavy atom. The zero-order valence-electron chi connectivity index (χ0n) is 7.04. The maximum absolute atomic E-state index is 11.5. The largest absolute Gasteiger partial charge is 0.243 e. The van der Waals surface area contributed by atoms with Crippen molar-refractivity contribution in [3.05, 3.63) is 18.3 Å². The fourth-order valence-electron chi connectivity index (χ4n) is 1.27. The van der Waals surface area contributed by atoms with E-state index in [-0.39, 0.29) is 21.4 Å². The lowest BCUT2D eigenvalue weighted by Gasteiger charge is -2.14. The summed E-state index contributed by atoms with van der Waals surface area (Å²) in [6.07, 6.45) is 1.28. The molecule has 1 aliphatic heterocycles. The van der Waals surface area contributed by atoms with Crippen molar-refractivity contribution in [2.75, 3.05) is 11.5 Å². The number of hydrogen-bond acceptors (Lipinski definition) is 5. The molecule has 1 aliphatic rings. The lowest BCUT2D eigenvalue weighted by atomic mass is 10.5. The van der Waals surface area contributed by atoms with Crippen molar-refractivity contribution in [2.45, 2.75) is 9.92 Å². The Balaban J connectivity index is 2.87. The smallest absolute Gasteiger partial charge is 0.197 e. The number of fused-ring (bicyclic) bond motifs is 1. The normalized spacial score (nSPS) is 22.6. The number of aromatic nitrogens is 1. The van der Waals surface area contributed by atoms with Gasteiger partial charge >= 0.3 is 0 Å². The van der Waals surface area contributed by atoms with Crippen molar-refractivity contribution >= 4 is 19.7 Å². The summed E-state index contributed by atoms with van der Waals surface area (Å²) < 4.78 is 45.8. The molecule has 5 nitrogen and oxygen atoms in total. The van der Waals surface area contributed by atoms with Crippen LogP contribution >= 0.6 is 0 Å². The minimum absolute atomic E-state index is 0.175. The first-order valence-corrected chi connectivity index (χ1v) is 7.14. The maximum atomic E-state index is 11.5. The van der Waals surface area contributed by atoms with Gasteiger partial charge in [0.05, 0.1) is 11.5 Å². The lowest BCUT2D eigenvalue weighted by Crippen LogP contribution is -2.26. The molecule has 7 heteroatoms. The summed E-state index contributed by atoms with van der Waals surface area (Å²) >= 11 is 0. The average Bonchev–Trinajstić information content (AvgIpc) is 2.14. The van der Waals surface area contributed by atoms with Crippen molar-refractivity contribution in [3.8, 4) is 0 Å². The van der Waals surface area contributed by atoms with Crippen LogP contribution in [-0.2, 0) is 19.7 Å². The molecule has 0 saturated carbocycles. The third-order valence-electron chi connectivity index (χ3n) is 1.99. The van der Waals surface area contributed by atoms with Gasteiger partial charge in [-0.2, -0.15) is 0 Å². The van der Waals surface area contributed by atoms with Crippen LogP contribution in [0.15, 0.2) is 28.3 Å². The fourth-order valence-corrected chi connectivity index (χ4v) is 5.40. The number of hydrogen-bond donors (Lipinski definition) is 0. The minimum atomic E-state index is -3.50. The molecule has 14 heavy (non-hydrogen) atoms. The molecule has 0 aromatic carbocycles. The number of sulfone groups is 2. The van der Waals surface area contributed by atoms with Crippen molar-refractivity contribution in [1.82, 2.24) is 4.98 Å². The molecule has 0 bridgehead atoms. The van der Waals surface area contributed by atoms with E-state index in [2.05, 4.69) is 4.98 Å². The summed E-state index contributed by atoms with van der Waals surface area (Å²) in [5, 5.41) is -0.314. The van der Waals surface area contributed by atoms with Crippen LogP contribution in [0.4, 0.5) is 0 Å². The zero-order chi connectivity index (χ0) is 10.4. The van der Waals surface area contributed by atoms with E-state index < -0.39 is 19.7 Å². The van der Waals surface area contributed by atoms with E-state index >= 15 is 0 Å². The van der Waals surface area contributed by atoms with Crippen LogP contribution in [0.2, 0.25) is 0 Å². The maximum Gasteiger partial charge on any atom is 0.197 e. The van der Waals surface area contributed by atoms with Gasteiger partial charge in [-0.05, 0) is 12.1 Å². The molecule has 0 unspecified atom stereocenters. The average molecular weight is 233 g/mol. The topological polar surface area (TPSA) is 81.2 Å². The Morgan fingerprint density at radius 1 is 1.07 bits per heavy atom. The van der Waals surface area contributed by atoms with Gasteiger partial charge in [0.25, 0.3) is 0 Å². The Morgan fingerprint density at radius 3 is 2.36 bits per heavy atom. The van der Waals surface area contributed by atoms with E-state index in [9.17, 15) is 16.8 Å². The Bertz CT molecular complexity index is 520. The van der Waals surface area contributed by atoms with E-state index in [0.29, 0.717) is 0 Å². The van der Waals surface area contributed by atoms with E-state index in [0.717, 1.165) is 0 Å². The highest BCUT2D eigenvalue weighted by Crippen LogP contribution is 2.25. The van der Waals surface area contributed by atoms with Crippen molar-refractivity contribution in [2.24, 2.45) is 0 Å². The first kappa shape index (κ1) is 9.60. The molecule has 2 rings (SSSR count). The van der Waals surface area contributed by atoms with Gasteiger partial charge in [0.1, 0.15) is 4.90 Å². The quantitative estimate of drug-likeness (QED) is 0.611. The summed E-state index contributed by atoms with van der Waals surface area (Å²) in [6.45, 7) is 0. The molecular formula is C7H7NO4S2. The van der Waals surface area contributed by atoms with Gasteiger partial charge in [-0.3, -0.25) is 0 Å². The van der Waals surface area contributed by atoms with Crippen LogP contribution in [0.25, 0.3) is 0 Å². The van der Waals surface area contributed by atoms with Crippen LogP contribution in [0, 0.1) is 0 Å². The van der Waals surface area contributed by atoms with E-state index in [1.165, 1.54) is 18.3 Å². The molecule has 2 heterocycles. The third-order valence-corrected chi connectivity index (χ3v) is 5.77. The zero-order valence-corrected chi connectivity index (χ0v) is 8.68. The molecule has 0 N–H and O–H groups in total. The van der Waals surface area contributed by atoms with Crippen LogP contribution < -0.4 is 0 Å². The number of pyridine rings is 1. The molecule has 0 aliphatic carbocycles. The second-order valence-corrected chi connectivity index (χ2v) is 7.05. The van der Waals surface area contributed by atoms with E-state index in [1.54, 1.807) is 0 Å². The van der Waals surface area contributed by atoms with Crippen LogP contribution in [0.5, 0.6) is 0 Å². The fraction of sp³-hybridized carbons (Fsp3) is 0.286. The van der Waals surface area contributed by atoms with E-state index in [1.807, 2.05) is 0 Å². The van der Waals surface area contributed by atoms with Crippen molar-refractivity contribution < 1.29 is 16.8 Å². The standard InChI is InChI=1S/C7H7NO4S2/c9-13(10)4-5-14(11,12)7-6(13)2-1-3-8-7/h1-3H,4-5H2. The van der Waals surface area contributed by atoms with Crippen LogP contribution in [0.3, 0.4) is 0 Å². The highest BCUT2D eigenvalue weighted by molar-refractivity contribution is 7.97. The van der Waals surface area contributed by atoms with Crippen LogP contribution in [0.1, 0.15) is 0 Å². The molecule has 0 radical (unpaired) electrons. The van der Waals surface area contributed by atoms with Crippen LogP contribution in [-0.4, -0.2) is 33.3 Å². The highest BCUT2D eigenvalue weighted by Gasteiger charge is 2.34. The first-order valence-electron chi connectivity index (χ1n) is 3.84. The summed E-state index contributed by atoms with van der Waals surface area (Å²) in [5.41, 5.74) is 0. The van der Waals surface area contributed by atoms with Gasteiger partial charge in [0.2, 0.25) is 0 Å². The molecule has 1 aromatic heterocycles. The molecule has 0 spiro atoms. The van der Waals surface area contributed by atoms with Crippen molar-refractivity contribution in [3.63, 3.8) is 0 Å². The minimum Gasteiger partial charge on any atom is -0.243 e. The molecular weight excluding hydrogens is 226 g/mol. The Labute approximate surface area is 81.6 Å². The molecule has 0 saturated heterocycles. The summed E-state index contributed by atoms with van der Waals surface area (Å²) in [4.78, 5) is 3.43. The van der Waals surface area contributed by atoms with Gasteiger partial charge < -0.3 is 0 Å². The molecule has 0 amide bonds. The summed E-state index contributed by atoms with van der Waals surface area (Å²) in [7, 11) is -6.96. The Kier molecular flexibility index (Phi) is 1.90. The first-order chi connectivity index (χ1) is 6.43. The monoisotopic (exact) mass is 233 g/mol. The van der Waals surface area contributed by atoms with Crippen molar-refractivity contribution in [1.29, 1.82) is 0 Å². The summed E-state index contributed by atoms with van der Waals surface area (Å²) in [6, 6.07) is 2.69. The number of nitrogens with zero attached hydrogens (tertiary/aromatic N) is 1. The van der Waals surface area contributed by atoms with Gasteiger partial charge in [-0.25, -0.2) is 21.8 Å². The second kappa shape index (κ2) is 2.77. The predicted octanol–water partition coefficient (Wildman–Crippen LogP) is -0.357. The molecule has 76 valence electrons. The highest BCUT2D eigenvalue weighted by atomic mass is 32.2. The van der Waals surface area contributed by atoms with Gasteiger partial charge in [-0.1, -0.05) is 0 Å². The predicted molar refractivity (Wildman–Crippen MR) is 48.3 cm³/mol. The van der Waals surface area contributed by atoms with Gasteiger partial charge in [0.15, 0.2) is 24.7 Å².